The molecule has 2 fully saturated rings. The van der Waals surface area contributed by atoms with Gasteiger partial charge in [-0.1, -0.05) is 19.3 Å². The first-order valence-corrected chi connectivity index (χ1v) is 11.7. The van der Waals surface area contributed by atoms with Crippen molar-refractivity contribution in [2.45, 2.75) is 50.0 Å². The monoisotopic (exact) mass is 423 g/mol. The summed E-state index contributed by atoms with van der Waals surface area (Å²) >= 11 is 0. The van der Waals surface area contributed by atoms with E-state index < -0.39 is 16.0 Å². The zero-order valence-electron chi connectivity index (χ0n) is 16.8. The molecule has 1 aromatic carbocycles. The van der Waals surface area contributed by atoms with E-state index in [-0.39, 0.29) is 36.7 Å². The number of sulfonamides is 1. The minimum Gasteiger partial charge on any atom is -0.462 e. The summed E-state index contributed by atoms with van der Waals surface area (Å²) in [6.45, 7) is 3.20. The zero-order chi connectivity index (χ0) is 20.9. The average molecular weight is 424 g/mol. The van der Waals surface area contributed by atoms with Crippen molar-refractivity contribution in [3.8, 4) is 0 Å². The molecular weight excluding hydrogens is 394 g/mol. The number of nitrogens with one attached hydrogen (secondary N) is 1. The third-order valence-corrected chi connectivity index (χ3v) is 7.37. The van der Waals surface area contributed by atoms with Crippen LogP contribution < -0.4 is 5.32 Å². The summed E-state index contributed by atoms with van der Waals surface area (Å²) in [5.41, 5.74) is 0.315. The second kappa shape index (κ2) is 9.58. The van der Waals surface area contributed by atoms with Crippen LogP contribution >= 0.6 is 0 Å². The van der Waals surface area contributed by atoms with Gasteiger partial charge in [-0.25, -0.2) is 18.0 Å². The smallest absolute Gasteiger partial charge is 0.338 e. The van der Waals surface area contributed by atoms with E-state index in [4.69, 9.17) is 4.74 Å². The molecule has 1 aliphatic heterocycles. The number of carbonyl (C=O) groups is 2. The van der Waals surface area contributed by atoms with Gasteiger partial charge in [0.2, 0.25) is 10.0 Å². The maximum atomic E-state index is 12.9. The molecule has 0 atom stereocenters. The van der Waals surface area contributed by atoms with Crippen LogP contribution in [0.2, 0.25) is 0 Å². The first kappa shape index (κ1) is 21.6. The summed E-state index contributed by atoms with van der Waals surface area (Å²) in [5.74, 6) is -0.478. The van der Waals surface area contributed by atoms with Crippen molar-refractivity contribution in [1.82, 2.24) is 14.5 Å². The molecule has 1 N–H and O–H groups in total. The van der Waals surface area contributed by atoms with E-state index in [1.165, 1.54) is 35.0 Å². The predicted octanol–water partition coefficient (Wildman–Crippen LogP) is 2.21. The molecule has 1 saturated carbocycles. The average Bonchev–Trinajstić information content (AvgIpc) is 2.75. The van der Waals surface area contributed by atoms with Crippen LogP contribution in [0.4, 0.5) is 4.79 Å². The number of nitrogens with zero attached hydrogens (tertiary/aromatic N) is 2. The summed E-state index contributed by atoms with van der Waals surface area (Å²) in [5, 5.41) is 3.08. The highest BCUT2D eigenvalue weighted by Crippen LogP contribution is 2.20. The van der Waals surface area contributed by atoms with Gasteiger partial charge < -0.3 is 15.0 Å². The van der Waals surface area contributed by atoms with Crippen molar-refractivity contribution in [1.29, 1.82) is 0 Å². The molecule has 0 spiro atoms. The van der Waals surface area contributed by atoms with Crippen LogP contribution in [0, 0.1) is 0 Å². The Labute approximate surface area is 172 Å². The standard InChI is InChI=1S/C20H29N3O5S/c1-2-28-19(24)16-8-10-18(11-9-16)29(26,27)23-14-12-22(13-15-23)20(25)21-17-6-4-3-5-7-17/h8-11,17H,2-7,12-15H2,1H3,(H,21,25). The van der Waals surface area contributed by atoms with Gasteiger partial charge in [-0.2, -0.15) is 4.31 Å². The van der Waals surface area contributed by atoms with E-state index in [1.54, 1.807) is 11.8 Å². The van der Waals surface area contributed by atoms with E-state index in [2.05, 4.69) is 5.32 Å². The molecule has 2 aliphatic rings. The number of hydrogen-bond acceptors (Lipinski definition) is 5. The Morgan fingerprint density at radius 3 is 2.24 bits per heavy atom. The first-order chi connectivity index (χ1) is 13.9. The van der Waals surface area contributed by atoms with Crippen LogP contribution in [-0.4, -0.2) is 68.5 Å². The summed E-state index contributed by atoms with van der Waals surface area (Å²) in [6.07, 6.45) is 5.55. The Morgan fingerprint density at radius 1 is 1.03 bits per heavy atom. The number of carbonyl (C=O) groups excluding carboxylic acids is 2. The summed E-state index contributed by atoms with van der Waals surface area (Å²) in [6, 6.07) is 5.88. The van der Waals surface area contributed by atoms with Gasteiger partial charge in [0.1, 0.15) is 0 Å². The molecule has 29 heavy (non-hydrogen) atoms. The molecule has 1 saturated heterocycles. The Balaban J connectivity index is 1.56. The lowest BCUT2D eigenvalue weighted by Crippen LogP contribution is -2.54. The van der Waals surface area contributed by atoms with Crippen LogP contribution in [-0.2, 0) is 14.8 Å². The molecule has 1 aliphatic carbocycles. The second-order valence-electron chi connectivity index (χ2n) is 7.42. The summed E-state index contributed by atoms with van der Waals surface area (Å²) < 4.78 is 32.1. The largest absolute Gasteiger partial charge is 0.462 e. The predicted molar refractivity (Wildman–Crippen MR) is 108 cm³/mol. The summed E-state index contributed by atoms with van der Waals surface area (Å²) in [7, 11) is -3.67. The van der Waals surface area contributed by atoms with Gasteiger partial charge >= 0.3 is 12.0 Å². The van der Waals surface area contributed by atoms with Crippen molar-refractivity contribution in [3.05, 3.63) is 29.8 Å². The normalized spacial score (nSPS) is 19.0. The molecule has 3 rings (SSSR count). The molecule has 1 heterocycles. The molecule has 8 nitrogen and oxygen atoms in total. The highest BCUT2D eigenvalue weighted by Gasteiger charge is 2.31. The van der Waals surface area contributed by atoms with Crippen molar-refractivity contribution >= 4 is 22.0 Å². The van der Waals surface area contributed by atoms with Crippen molar-refractivity contribution in [3.63, 3.8) is 0 Å². The SMILES string of the molecule is CCOC(=O)c1ccc(S(=O)(=O)N2CCN(C(=O)NC3CCCCC3)CC2)cc1. The lowest BCUT2D eigenvalue weighted by Gasteiger charge is -2.35. The zero-order valence-corrected chi connectivity index (χ0v) is 17.6. The fraction of sp³-hybridized carbons (Fsp3) is 0.600. The van der Waals surface area contributed by atoms with E-state index in [0.29, 0.717) is 18.7 Å². The fourth-order valence-corrected chi connectivity index (χ4v) is 5.19. The molecule has 0 unspecified atom stereocenters. The van der Waals surface area contributed by atoms with Gasteiger partial charge in [-0.3, -0.25) is 0 Å². The Kier molecular flexibility index (Phi) is 7.13. The van der Waals surface area contributed by atoms with Crippen LogP contribution in [0.25, 0.3) is 0 Å². The highest BCUT2D eigenvalue weighted by atomic mass is 32.2. The summed E-state index contributed by atoms with van der Waals surface area (Å²) in [4.78, 5) is 26.0. The number of hydrogen-bond donors (Lipinski definition) is 1. The van der Waals surface area contributed by atoms with Crippen LogP contribution in [0.5, 0.6) is 0 Å². The Hall–Kier alpha value is -2.13. The molecule has 0 radical (unpaired) electrons. The number of urea groups is 1. The van der Waals surface area contributed by atoms with Crippen molar-refractivity contribution in [2.75, 3.05) is 32.8 Å². The third kappa shape index (κ3) is 5.27. The number of amides is 2. The lowest BCUT2D eigenvalue weighted by atomic mass is 9.96. The van der Waals surface area contributed by atoms with Crippen molar-refractivity contribution < 1.29 is 22.7 Å². The Bertz CT molecular complexity index is 811. The van der Waals surface area contributed by atoms with Gasteiger partial charge in [0, 0.05) is 32.2 Å². The molecular formula is C20H29N3O5S. The Morgan fingerprint density at radius 2 is 1.66 bits per heavy atom. The number of ether oxygens (including phenoxy) is 1. The van der Waals surface area contributed by atoms with Gasteiger partial charge in [0.15, 0.2) is 0 Å². The first-order valence-electron chi connectivity index (χ1n) is 10.2. The second-order valence-corrected chi connectivity index (χ2v) is 9.36. The van der Waals surface area contributed by atoms with Crippen LogP contribution in [0.1, 0.15) is 49.4 Å². The fourth-order valence-electron chi connectivity index (χ4n) is 3.77. The van der Waals surface area contributed by atoms with Gasteiger partial charge in [0.05, 0.1) is 17.1 Å². The number of benzene rings is 1. The van der Waals surface area contributed by atoms with E-state index in [0.717, 1.165) is 25.7 Å². The molecule has 0 aromatic heterocycles. The van der Waals surface area contributed by atoms with Crippen LogP contribution in [0.15, 0.2) is 29.2 Å². The minimum absolute atomic E-state index is 0.104. The van der Waals surface area contributed by atoms with Crippen molar-refractivity contribution in [2.24, 2.45) is 0 Å². The highest BCUT2D eigenvalue weighted by molar-refractivity contribution is 7.89. The number of esters is 1. The minimum atomic E-state index is -3.67. The molecule has 160 valence electrons. The lowest BCUT2D eigenvalue weighted by molar-refractivity contribution is 0.0526. The molecule has 1 aromatic rings. The van der Waals surface area contributed by atoms with Gasteiger partial charge in [0.25, 0.3) is 0 Å². The maximum Gasteiger partial charge on any atom is 0.338 e. The van der Waals surface area contributed by atoms with Gasteiger partial charge in [-0.05, 0) is 44.0 Å². The quantitative estimate of drug-likeness (QED) is 0.733. The van der Waals surface area contributed by atoms with Crippen LogP contribution in [0.3, 0.4) is 0 Å². The number of piperazine rings is 1. The molecule has 9 heteroatoms. The van der Waals surface area contributed by atoms with E-state index in [9.17, 15) is 18.0 Å². The number of rotatable bonds is 5. The van der Waals surface area contributed by atoms with Gasteiger partial charge in [-0.15, -0.1) is 0 Å². The third-order valence-electron chi connectivity index (χ3n) is 5.46. The molecule has 0 bridgehead atoms. The maximum absolute atomic E-state index is 12.9. The topological polar surface area (TPSA) is 96.0 Å². The molecule has 2 amide bonds. The van der Waals surface area contributed by atoms with E-state index in [1.807, 2.05) is 0 Å². The van der Waals surface area contributed by atoms with E-state index >= 15 is 0 Å².